The quantitative estimate of drug-likeness (QED) is 0.831. The van der Waals surface area contributed by atoms with Gasteiger partial charge in [0, 0.05) is 18.5 Å². The molecule has 1 unspecified atom stereocenters. The van der Waals surface area contributed by atoms with E-state index in [0.717, 1.165) is 17.1 Å². The number of hydrogen-bond acceptors (Lipinski definition) is 3. The molecule has 1 atom stereocenters. The number of benzene rings is 2. The molecule has 0 spiro atoms. The van der Waals surface area contributed by atoms with Gasteiger partial charge in [-0.15, -0.1) is 0 Å². The smallest absolute Gasteiger partial charge is 0.222 e. The number of nitrogens with zero attached hydrogens (tertiary/aromatic N) is 1. The van der Waals surface area contributed by atoms with Crippen molar-refractivity contribution in [3.63, 3.8) is 0 Å². The molecule has 0 fully saturated rings. The van der Waals surface area contributed by atoms with Crippen molar-refractivity contribution in [3.05, 3.63) is 59.1 Å². The lowest BCUT2D eigenvalue weighted by atomic mass is 10.1. The molecule has 24 heavy (non-hydrogen) atoms. The van der Waals surface area contributed by atoms with Crippen LogP contribution < -0.4 is 9.47 Å². The first kappa shape index (κ1) is 16.7. The third kappa shape index (κ3) is 4.20. The predicted molar refractivity (Wildman–Crippen MR) is 93.8 cm³/mol. The van der Waals surface area contributed by atoms with Crippen molar-refractivity contribution in [2.75, 3.05) is 20.2 Å². The predicted octanol–water partition coefficient (Wildman–Crippen LogP) is 3.57. The highest BCUT2D eigenvalue weighted by Gasteiger charge is 2.23. The summed E-state index contributed by atoms with van der Waals surface area (Å²) in [6.07, 6.45) is 1.01. The minimum Gasteiger partial charge on any atom is -0.486 e. The highest BCUT2D eigenvalue weighted by atomic mass is 35.5. The highest BCUT2D eigenvalue weighted by molar-refractivity contribution is 6.30. The van der Waals surface area contributed by atoms with Crippen molar-refractivity contribution >= 4 is 17.5 Å². The second-order valence-corrected chi connectivity index (χ2v) is 6.33. The Morgan fingerprint density at radius 1 is 1.17 bits per heavy atom. The van der Waals surface area contributed by atoms with Crippen molar-refractivity contribution in [1.82, 2.24) is 4.90 Å². The molecule has 1 aliphatic rings. The highest BCUT2D eigenvalue weighted by Crippen LogP contribution is 2.30. The Labute approximate surface area is 146 Å². The van der Waals surface area contributed by atoms with Gasteiger partial charge in [0.05, 0.1) is 6.54 Å². The average molecular weight is 346 g/mol. The number of hydrogen-bond donors (Lipinski definition) is 0. The molecule has 0 saturated heterocycles. The van der Waals surface area contributed by atoms with Crippen LogP contribution in [0.3, 0.4) is 0 Å². The van der Waals surface area contributed by atoms with E-state index in [1.165, 1.54) is 0 Å². The van der Waals surface area contributed by atoms with Gasteiger partial charge in [0.1, 0.15) is 6.61 Å². The van der Waals surface area contributed by atoms with Gasteiger partial charge in [0.2, 0.25) is 5.91 Å². The zero-order valence-corrected chi connectivity index (χ0v) is 14.3. The van der Waals surface area contributed by atoms with Gasteiger partial charge in [-0.2, -0.15) is 0 Å². The van der Waals surface area contributed by atoms with Crippen molar-refractivity contribution in [2.45, 2.75) is 18.9 Å². The molecule has 0 N–H and O–H groups in total. The topological polar surface area (TPSA) is 38.8 Å². The number of carbonyl (C=O) groups excluding carboxylic acids is 1. The van der Waals surface area contributed by atoms with E-state index in [4.69, 9.17) is 21.1 Å². The molecule has 2 aromatic rings. The molecule has 1 amide bonds. The lowest BCUT2D eigenvalue weighted by Crippen LogP contribution is -2.41. The largest absolute Gasteiger partial charge is 0.486 e. The maximum atomic E-state index is 12.3. The van der Waals surface area contributed by atoms with E-state index in [1.54, 1.807) is 11.9 Å². The van der Waals surface area contributed by atoms with Crippen LogP contribution >= 0.6 is 11.6 Å². The van der Waals surface area contributed by atoms with E-state index < -0.39 is 0 Å². The zero-order valence-electron chi connectivity index (χ0n) is 13.6. The summed E-state index contributed by atoms with van der Waals surface area (Å²) in [5.41, 5.74) is 1.10. The van der Waals surface area contributed by atoms with Crippen molar-refractivity contribution in [1.29, 1.82) is 0 Å². The van der Waals surface area contributed by atoms with Crippen LogP contribution in [0, 0.1) is 0 Å². The second kappa shape index (κ2) is 7.58. The number of rotatable bonds is 5. The maximum Gasteiger partial charge on any atom is 0.222 e. The molecule has 1 aliphatic heterocycles. The third-order valence-electron chi connectivity index (χ3n) is 4.01. The fraction of sp³-hybridized carbons (Fsp3) is 0.316. The Morgan fingerprint density at radius 2 is 1.88 bits per heavy atom. The molecule has 1 heterocycles. The molecule has 126 valence electrons. The van der Waals surface area contributed by atoms with Crippen LogP contribution in [0.2, 0.25) is 5.02 Å². The molecular formula is C19H20ClNO3. The van der Waals surface area contributed by atoms with Crippen molar-refractivity contribution in [3.8, 4) is 11.5 Å². The molecule has 2 aromatic carbocycles. The monoisotopic (exact) mass is 345 g/mol. The minimum atomic E-state index is -0.149. The van der Waals surface area contributed by atoms with Gasteiger partial charge in [-0.25, -0.2) is 0 Å². The van der Waals surface area contributed by atoms with E-state index in [9.17, 15) is 4.79 Å². The SMILES string of the molecule is CN(CC1COc2ccccc2O1)C(=O)CCc1ccc(Cl)cc1. The van der Waals surface area contributed by atoms with Crippen LogP contribution in [0.1, 0.15) is 12.0 Å². The van der Waals surface area contributed by atoms with Gasteiger partial charge in [-0.3, -0.25) is 4.79 Å². The van der Waals surface area contributed by atoms with E-state index in [0.29, 0.717) is 31.0 Å². The Balaban J connectivity index is 1.49. The van der Waals surface area contributed by atoms with E-state index >= 15 is 0 Å². The lowest BCUT2D eigenvalue weighted by molar-refractivity contribution is -0.131. The number of ether oxygens (including phenoxy) is 2. The fourth-order valence-corrected chi connectivity index (χ4v) is 2.78. The van der Waals surface area contributed by atoms with Gasteiger partial charge in [0.15, 0.2) is 17.6 Å². The van der Waals surface area contributed by atoms with Gasteiger partial charge in [-0.05, 0) is 36.2 Å². The molecule has 0 aliphatic carbocycles. The molecule has 5 heteroatoms. The lowest BCUT2D eigenvalue weighted by Gasteiger charge is -2.29. The number of likely N-dealkylation sites (N-methyl/N-ethyl adjacent to an activating group) is 1. The summed E-state index contributed by atoms with van der Waals surface area (Å²) in [4.78, 5) is 14.0. The number of amides is 1. The third-order valence-corrected chi connectivity index (χ3v) is 4.26. The summed E-state index contributed by atoms with van der Waals surface area (Å²) in [7, 11) is 1.80. The Kier molecular flexibility index (Phi) is 5.26. The summed E-state index contributed by atoms with van der Waals surface area (Å²) in [5.74, 6) is 1.58. The average Bonchev–Trinajstić information content (AvgIpc) is 2.61. The van der Waals surface area contributed by atoms with Crippen LogP contribution in [0.25, 0.3) is 0 Å². The maximum absolute atomic E-state index is 12.3. The van der Waals surface area contributed by atoms with Crippen molar-refractivity contribution < 1.29 is 14.3 Å². The van der Waals surface area contributed by atoms with Crippen LogP contribution in [0.15, 0.2) is 48.5 Å². The number of carbonyl (C=O) groups is 1. The number of aryl methyl sites for hydroxylation is 1. The van der Waals surface area contributed by atoms with Crippen LogP contribution in [-0.4, -0.2) is 37.1 Å². The number of halogens is 1. The fourth-order valence-electron chi connectivity index (χ4n) is 2.65. The summed E-state index contributed by atoms with van der Waals surface area (Å²) in [6, 6.07) is 15.2. The molecule has 0 aromatic heterocycles. The Hall–Kier alpha value is -2.20. The van der Waals surface area contributed by atoms with Crippen molar-refractivity contribution in [2.24, 2.45) is 0 Å². The minimum absolute atomic E-state index is 0.0902. The first-order valence-corrected chi connectivity index (χ1v) is 8.36. The molecule has 0 radical (unpaired) electrons. The summed E-state index contributed by atoms with van der Waals surface area (Å²) in [5, 5.41) is 0.705. The van der Waals surface area contributed by atoms with Crippen LogP contribution in [0.4, 0.5) is 0 Å². The van der Waals surface area contributed by atoms with E-state index in [-0.39, 0.29) is 12.0 Å². The molecule has 0 saturated carbocycles. The normalized spacial score (nSPS) is 15.8. The molecule has 3 rings (SSSR count). The molecular weight excluding hydrogens is 326 g/mol. The molecule has 0 bridgehead atoms. The first-order chi connectivity index (χ1) is 11.6. The van der Waals surface area contributed by atoms with Gasteiger partial charge in [-0.1, -0.05) is 35.9 Å². The van der Waals surface area contributed by atoms with Gasteiger partial charge in [0.25, 0.3) is 0 Å². The Morgan fingerprint density at radius 3 is 2.62 bits per heavy atom. The van der Waals surface area contributed by atoms with E-state index in [1.807, 2.05) is 48.5 Å². The molecule has 4 nitrogen and oxygen atoms in total. The standard InChI is InChI=1S/C19H20ClNO3/c1-21(19(22)11-8-14-6-9-15(20)10-7-14)12-16-13-23-17-4-2-3-5-18(17)24-16/h2-7,9-10,16H,8,11-13H2,1H3. The zero-order chi connectivity index (χ0) is 16.9. The first-order valence-electron chi connectivity index (χ1n) is 7.99. The summed E-state index contributed by atoms with van der Waals surface area (Å²) < 4.78 is 11.6. The number of para-hydroxylation sites is 2. The summed E-state index contributed by atoms with van der Waals surface area (Å²) >= 11 is 5.87. The van der Waals surface area contributed by atoms with Crippen LogP contribution in [-0.2, 0) is 11.2 Å². The van der Waals surface area contributed by atoms with Gasteiger partial charge < -0.3 is 14.4 Å². The summed E-state index contributed by atoms with van der Waals surface area (Å²) in [6.45, 7) is 0.958. The van der Waals surface area contributed by atoms with Crippen LogP contribution in [0.5, 0.6) is 11.5 Å². The van der Waals surface area contributed by atoms with Gasteiger partial charge >= 0.3 is 0 Å². The Bertz CT molecular complexity index is 702. The number of fused-ring (bicyclic) bond motifs is 1. The second-order valence-electron chi connectivity index (χ2n) is 5.90. The van der Waals surface area contributed by atoms with E-state index in [2.05, 4.69) is 0 Å².